The quantitative estimate of drug-likeness (QED) is 0.368. The van der Waals surface area contributed by atoms with E-state index < -0.39 is 5.97 Å². The first-order chi connectivity index (χ1) is 16.6. The first-order valence-electron chi connectivity index (χ1n) is 11.4. The first-order valence-corrected chi connectivity index (χ1v) is 12.6. The zero-order chi connectivity index (χ0) is 23.5. The molecule has 12 heteroatoms. The number of halogens is 1. The third kappa shape index (κ3) is 5.07. The topological polar surface area (TPSA) is 96.8 Å². The maximum Gasteiger partial charge on any atom is 0.341 e. The van der Waals surface area contributed by atoms with Crippen LogP contribution in [0.3, 0.4) is 0 Å². The van der Waals surface area contributed by atoms with Crippen LogP contribution in [-0.4, -0.2) is 89.9 Å². The molecule has 0 bridgehead atoms. The van der Waals surface area contributed by atoms with Gasteiger partial charge in [0.15, 0.2) is 5.82 Å². The number of rotatable bonds is 6. The molecular weight excluding hydrogens is 478 g/mol. The minimum Gasteiger partial charge on any atom is -0.462 e. The van der Waals surface area contributed by atoms with Gasteiger partial charge in [-0.1, -0.05) is 0 Å². The second-order valence-electron chi connectivity index (χ2n) is 8.10. The number of carbonyl (C=O) groups excluding carboxylic acids is 1. The van der Waals surface area contributed by atoms with Crippen LogP contribution >= 0.6 is 22.9 Å². The highest BCUT2D eigenvalue weighted by molar-refractivity contribution is 7.19. The van der Waals surface area contributed by atoms with E-state index in [9.17, 15) is 4.79 Å². The van der Waals surface area contributed by atoms with Crippen molar-refractivity contribution >= 4 is 50.9 Å². The molecule has 0 spiro atoms. The molecule has 2 aliphatic heterocycles. The summed E-state index contributed by atoms with van der Waals surface area (Å²) < 4.78 is 11.6. The molecule has 2 aliphatic rings. The van der Waals surface area contributed by atoms with E-state index >= 15 is 0 Å². The number of thiophene rings is 1. The van der Waals surface area contributed by atoms with Gasteiger partial charge in [0.2, 0.25) is 11.2 Å². The number of aromatic nitrogens is 4. The van der Waals surface area contributed by atoms with Crippen LogP contribution in [-0.2, 0) is 16.0 Å². The number of ether oxygens (including phenoxy) is 2. The molecule has 0 aromatic carbocycles. The summed E-state index contributed by atoms with van der Waals surface area (Å²) in [6, 6.07) is 2.13. The minimum atomic E-state index is -0.398. The average molecular weight is 504 g/mol. The van der Waals surface area contributed by atoms with E-state index in [0.717, 1.165) is 61.8 Å². The molecule has 5 rings (SSSR count). The van der Waals surface area contributed by atoms with Gasteiger partial charge < -0.3 is 19.3 Å². The number of hydrogen-bond acceptors (Lipinski definition) is 11. The second-order valence-corrected chi connectivity index (χ2v) is 9.57. The lowest BCUT2D eigenvalue weighted by Crippen LogP contribution is -2.46. The number of hydrogen-bond donors (Lipinski definition) is 0. The highest BCUT2D eigenvalue weighted by atomic mass is 35.5. The van der Waals surface area contributed by atoms with Crippen molar-refractivity contribution in [3.63, 3.8) is 0 Å². The van der Waals surface area contributed by atoms with Gasteiger partial charge in [0.1, 0.15) is 0 Å². The van der Waals surface area contributed by atoms with Gasteiger partial charge in [-0.15, -0.1) is 11.3 Å². The fraction of sp³-hybridized carbons (Fsp3) is 0.500. The molecule has 3 aromatic rings. The summed E-state index contributed by atoms with van der Waals surface area (Å²) in [5.74, 6) is 1.14. The molecule has 10 nitrogen and oxygen atoms in total. The van der Waals surface area contributed by atoms with E-state index in [4.69, 9.17) is 21.1 Å². The molecule has 2 fully saturated rings. The van der Waals surface area contributed by atoms with Crippen molar-refractivity contribution in [3.8, 4) is 0 Å². The van der Waals surface area contributed by atoms with Crippen LogP contribution < -0.4 is 9.80 Å². The fourth-order valence-electron chi connectivity index (χ4n) is 4.13. The zero-order valence-electron chi connectivity index (χ0n) is 18.9. The fourth-order valence-corrected chi connectivity index (χ4v) is 5.46. The molecule has 0 unspecified atom stereocenters. The molecule has 180 valence electrons. The molecule has 0 atom stereocenters. The Morgan fingerprint density at radius 1 is 1.09 bits per heavy atom. The van der Waals surface area contributed by atoms with E-state index in [-0.39, 0.29) is 5.28 Å². The molecule has 0 aliphatic carbocycles. The van der Waals surface area contributed by atoms with Crippen LogP contribution in [0.25, 0.3) is 10.2 Å². The van der Waals surface area contributed by atoms with Crippen LogP contribution in [0.15, 0.2) is 18.5 Å². The predicted octanol–water partition coefficient (Wildman–Crippen LogP) is 2.47. The average Bonchev–Trinajstić information content (AvgIpc) is 3.27. The van der Waals surface area contributed by atoms with Gasteiger partial charge in [-0.25, -0.2) is 19.7 Å². The molecular formula is C22H26ClN7O3S. The highest BCUT2D eigenvalue weighted by Crippen LogP contribution is 2.34. The highest BCUT2D eigenvalue weighted by Gasteiger charge is 2.22. The number of morpholine rings is 1. The summed E-state index contributed by atoms with van der Waals surface area (Å²) in [7, 11) is 0. The number of piperazine rings is 1. The van der Waals surface area contributed by atoms with Crippen molar-refractivity contribution in [3.05, 3.63) is 34.2 Å². The number of anilines is 2. The van der Waals surface area contributed by atoms with Gasteiger partial charge in [0, 0.05) is 63.1 Å². The van der Waals surface area contributed by atoms with Gasteiger partial charge >= 0.3 is 5.97 Å². The zero-order valence-corrected chi connectivity index (χ0v) is 20.5. The summed E-state index contributed by atoms with van der Waals surface area (Å²) in [5, 5.41) is 0.279. The maximum atomic E-state index is 11.8. The molecule has 0 amide bonds. The third-order valence-corrected chi connectivity index (χ3v) is 7.15. The Bertz CT molecular complexity index is 1150. The van der Waals surface area contributed by atoms with Gasteiger partial charge in [0.05, 0.1) is 35.6 Å². The standard InChI is InChI=1S/C22H26ClN7O3S/c1-2-33-20(31)15-12-24-22(25-13-15)30-5-3-28(4-6-30)14-16-11-17-18(34-16)19(27-21(23)26-17)29-7-9-32-10-8-29/h11-13H,2-10,14H2,1H3. The molecule has 2 saturated heterocycles. The number of nitrogens with zero attached hydrogens (tertiary/aromatic N) is 7. The number of carbonyl (C=O) groups is 1. The maximum absolute atomic E-state index is 11.8. The van der Waals surface area contributed by atoms with Crippen molar-refractivity contribution in [2.75, 3.05) is 68.9 Å². The lowest BCUT2D eigenvalue weighted by Gasteiger charge is -2.34. The van der Waals surface area contributed by atoms with Gasteiger partial charge in [-0.05, 0) is 24.6 Å². The Balaban J connectivity index is 1.22. The van der Waals surface area contributed by atoms with Crippen LogP contribution in [0.1, 0.15) is 22.2 Å². The van der Waals surface area contributed by atoms with Crippen LogP contribution in [0, 0.1) is 0 Å². The number of esters is 1. The Morgan fingerprint density at radius 3 is 2.53 bits per heavy atom. The van der Waals surface area contributed by atoms with E-state index in [0.29, 0.717) is 31.3 Å². The Hall–Kier alpha value is -2.60. The van der Waals surface area contributed by atoms with Crippen molar-refractivity contribution in [1.82, 2.24) is 24.8 Å². The summed E-state index contributed by atoms with van der Waals surface area (Å²) in [4.78, 5) is 37.5. The third-order valence-electron chi connectivity index (χ3n) is 5.87. The predicted molar refractivity (Wildman–Crippen MR) is 131 cm³/mol. The van der Waals surface area contributed by atoms with Crippen molar-refractivity contribution in [1.29, 1.82) is 0 Å². The first kappa shape index (κ1) is 23.2. The van der Waals surface area contributed by atoms with Crippen molar-refractivity contribution in [2.24, 2.45) is 0 Å². The van der Waals surface area contributed by atoms with Crippen molar-refractivity contribution in [2.45, 2.75) is 13.5 Å². The summed E-state index contributed by atoms with van der Waals surface area (Å²) in [5.41, 5.74) is 1.27. The second kappa shape index (κ2) is 10.3. The van der Waals surface area contributed by atoms with Crippen LogP contribution in [0.4, 0.5) is 11.8 Å². The molecule has 0 radical (unpaired) electrons. The lowest BCUT2D eigenvalue weighted by atomic mass is 10.3. The minimum absolute atomic E-state index is 0.279. The Morgan fingerprint density at radius 2 is 1.82 bits per heavy atom. The van der Waals surface area contributed by atoms with E-state index in [2.05, 4.69) is 40.7 Å². The smallest absolute Gasteiger partial charge is 0.341 e. The monoisotopic (exact) mass is 503 g/mol. The van der Waals surface area contributed by atoms with Gasteiger partial charge in [-0.2, -0.15) is 4.98 Å². The summed E-state index contributed by atoms with van der Waals surface area (Å²) in [6.45, 7) is 9.36. The molecule has 34 heavy (non-hydrogen) atoms. The molecule has 3 aromatic heterocycles. The van der Waals surface area contributed by atoms with Gasteiger partial charge in [0.25, 0.3) is 0 Å². The number of fused-ring (bicyclic) bond motifs is 1. The molecule has 0 saturated carbocycles. The SMILES string of the molecule is CCOC(=O)c1cnc(N2CCN(Cc3cc4nc(Cl)nc(N5CCOCC5)c4s3)CC2)nc1. The summed E-state index contributed by atoms with van der Waals surface area (Å²) >= 11 is 7.97. The van der Waals surface area contributed by atoms with Crippen LogP contribution in [0.2, 0.25) is 5.28 Å². The van der Waals surface area contributed by atoms with E-state index in [1.54, 1.807) is 18.3 Å². The Labute approximate surface area is 206 Å². The largest absolute Gasteiger partial charge is 0.462 e. The van der Waals surface area contributed by atoms with Crippen LogP contribution in [0.5, 0.6) is 0 Å². The molecule has 5 heterocycles. The lowest BCUT2D eigenvalue weighted by molar-refractivity contribution is 0.0525. The van der Waals surface area contributed by atoms with Crippen molar-refractivity contribution < 1.29 is 14.3 Å². The summed E-state index contributed by atoms with van der Waals surface area (Å²) in [6.07, 6.45) is 3.06. The van der Waals surface area contributed by atoms with E-state index in [1.165, 1.54) is 17.3 Å². The molecule has 0 N–H and O–H groups in total. The van der Waals surface area contributed by atoms with Gasteiger partial charge in [-0.3, -0.25) is 4.90 Å². The normalized spacial score (nSPS) is 17.4. The van der Waals surface area contributed by atoms with E-state index in [1.807, 2.05) is 0 Å². The Kier molecular flexibility index (Phi) is 7.05.